The summed E-state index contributed by atoms with van der Waals surface area (Å²) >= 11 is 0. The van der Waals surface area contributed by atoms with Gasteiger partial charge in [0.25, 0.3) is 0 Å². The first kappa shape index (κ1) is 19.2. The highest BCUT2D eigenvalue weighted by molar-refractivity contribution is 5.93. The van der Waals surface area contributed by atoms with Crippen LogP contribution in [0.1, 0.15) is 5.56 Å². The molecule has 28 heavy (non-hydrogen) atoms. The summed E-state index contributed by atoms with van der Waals surface area (Å²) in [5, 5.41) is 6.33. The molecule has 0 unspecified atom stereocenters. The van der Waals surface area contributed by atoms with Crippen molar-refractivity contribution in [2.75, 3.05) is 26.6 Å². The lowest BCUT2D eigenvalue weighted by Gasteiger charge is -2.14. The minimum atomic E-state index is -0.319. The normalized spacial score (nSPS) is 11.2. The van der Waals surface area contributed by atoms with Crippen LogP contribution in [-0.4, -0.2) is 36.8 Å². The van der Waals surface area contributed by atoms with Crippen molar-refractivity contribution in [1.29, 1.82) is 0 Å². The lowest BCUT2D eigenvalue weighted by Crippen LogP contribution is -2.30. The first-order valence-corrected chi connectivity index (χ1v) is 8.61. The van der Waals surface area contributed by atoms with Gasteiger partial charge in [0.1, 0.15) is 5.82 Å². The summed E-state index contributed by atoms with van der Waals surface area (Å²) in [6, 6.07) is 10.5. The molecule has 8 heteroatoms. The fraction of sp³-hybridized carbons (Fsp3) is 0.200. The predicted octanol–water partition coefficient (Wildman–Crippen LogP) is 3.22. The highest BCUT2D eigenvalue weighted by Crippen LogP contribution is 2.29. The van der Waals surface area contributed by atoms with E-state index in [9.17, 15) is 4.39 Å². The Bertz CT molecular complexity index is 957. The topological polar surface area (TPSA) is 72.7 Å². The van der Waals surface area contributed by atoms with Gasteiger partial charge >= 0.3 is 0 Å². The van der Waals surface area contributed by atoms with E-state index < -0.39 is 0 Å². The van der Waals surface area contributed by atoms with Crippen molar-refractivity contribution in [3.8, 4) is 17.2 Å². The summed E-state index contributed by atoms with van der Waals surface area (Å²) in [6.07, 6.45) is 4.87. The minimum absolute atomic E-state index is 0.319. The van der Waals surface area contributed by atoms with Gasteiger partial charge in [0.05, 0.1) is 26.2 Å². The van der Waals surface area contributed by atoms with Gasteiger partial charge in [0.15, 0.2) is 17.5 Å². The third-order valence-electron chi connectivity index (χ3n) is 4.12. The maximum absolute atomic E-state index is 14.4. The molecule has 0 aliphatic heterocycles. The molecule has 0 aliphatic rings. The number of aliphatic imine (C=N–C) groups is 1. The van der Waals surface area contributed by atoms with Crippen LogP contribution in [0.5, 0.6) is 11.5 Å². The van der Waals surface area contributed by atoms with Crippen molar-refractivity contribution in [1.82, 2.24) is 14.9 Å². The third-order valence-corrected chi connectivity index (χ3v) is 4.12. The first-order valence-electron chi connectivity index (χ1n) is 8.61. The quantitative estimate of drug-likeness (QED) is 0.505. The average molecular weight is 383 g/mol. The van der Waals surface area contributed by atoms with Crippen LogP contribution in [0.4, 0.5) is 10.1 Å². The SMILES string of the molecule is CN=C(NCc1ccc(-n2ccnc2)c(F)c1)Nc1ccc(OC)c(OC)c1. The summed E-state index contributed by atoms with van der Waals surface area (Å²) in [4.78, 5) is 8.13. The number of hydrogen-bond acceptors (Lipinski definition) is 4. The van der Waals surface area contributed by atoms with Crippen molar-refractivity contribution in [3.05, 3.63) is 66.5 Å². The Kier molecular flexibility index (Phi) is 6.11. The average Bonchev–Trinajstić information content (AvgIpc) is 3.25. The lowest BCUT2D eigenvalue weighted by atomic mass is 10.2. The molecule has 0 radical (unpaired) electrons. The summed E-state index contributed by atoms with van der Waals surface area (Å²) in [5.74, 6) is 1.48. The maximum Gasteiger partial charge on any atom is 0.195 e. The van der Waals surface area contributed by atoms with E-state index in [0.717, 1.165) is 11.3 Å². The van der Waals surface area contributed by atoms with Crippen LogP contribution in [0, 0.1) is 5.82 Å². The Balaban J connectivity index is 1.65. The molecule has 2 N–H and O–H groups in total. The summed E-state index contributed by atoms with van der Waals surface area (Å²) in [6.45, 7) is 0.411. The standard InChI is InChI=1S/C20H22FN5O2/c1-22-20(25-15-5-7-18(27-2)19(11-15)28-3)24-12-14-4-6-17(16(21)10-14)26-9-8-23-13-26/h4-11,13H,12H2,1-3H3,(H2,22,24,25). The number of ether oxygens (including phenoxy) is 2. The Morgan fingerprint density at radius 3 is 2.61 bits per heavy atom. The van der Waals surface area contributed by atoms with Crippen LogP contribution >= 0.6 is 0 Å². The molecule has 1 aromatic heterocycles. The van der Waals surface area contributed by atoms with Gasteiger partial charge in [-0.05, 0) is 29.8 Å². The molecule has 146 valence electrons. The van der Waals surface area contributed by atoms with Crippen LogP contribution in [0.2, 0.25) is 0 Å². The number of hydrogen-bond donors (Lipinski definition) is 2. The zero-order valence-corrected chi connectivity index (χ0v) is 15.9. The van der Waals surface area contributed by atoms with Crippen molar-refractivity contribution >= 4 is 11.6 Å². The fourth-order valence-electron chi connectivity index (χ4n) is 2.69. The molecule has 0 aliphatic carbocycles. The van der Waals surface area contributed by atoms with E-state index in [0.29, 0.717) is 29.7 Å². The van der Waals surface area contributed by atoms with E-state index >= 15 is 0 Å². The highest BCUT2D eigenvalue weighted by Gasteiger charge is 2.08. The first-order chi connectivity index (χ1) is 13.6. The van der Waals surface area contributed by atoms with Gasteiger partial charge in [-0.25, -0.2) is 9.37 Å². The molecule has 0 atom stereocenters. The number of halogens is 1. The number of aromatic nitrogens is 2. The largest absolute Gasteiger partial charge is 0.493 e. The molecule has 0 fully saturated rings. The molecule has 0 amide bonds. The molecule has 3 aromatic rings. The molecular weight excluding hydrogens is 361 g/mol. The van der Waals surface area contributed by atoms with Gasteiger partial charge in [-0.1, -0.05) is 6.07 Å². The van der Waals surface area contributed by atoms with Gasteiger partial charge in [0.2, 0.25) is 0 Å². The molecule has 3 rings (SSSR count). The van der Waals surface area contributed by atoms with Crippen LogP contribution in [0.15, 0.2) is 60.1 Å². The second kappa shape index (κ2) is 8.90. The number of anilines is 1. The summed E-state index contributed by atoms with van der Waals surface area (Å²) in [7, 11) is 4.83. The smallest absolute Gasteiger partial charge is 0.195 e. The Morgan fingerprint density at radius 2 is 1.96 bits per heavy atom. The fourth-order valence-corrected chi connectivity index (χ4v) is 2.69. The molecule has 0 spiro atoms. The van der Waals surface area contributed by atoms with E-state index in [4.69, 9.17) is 9.47 Å². The number of imidazole rings is 1. The third kappa shape index (κ3) is 4.40. The lowest BCUT2D eigenvalue weighted by molar-refractivity contribution is 0.355. The Hall–Kier alpha value is -3.55. The summed E-state index contributed by atoms with van der Waals surface area (Å²) < 4.78 is 26.5. The van der Waals surface area contributed by atoms with Gasteiger partial charge in [0, 0.05) is 37.7 Å². The van der Waals surface area contributed by atoms with Crippen LogP contribution in [0.3, 0.4) is 0 Å². The molecule has 0 saturated carbocycles. The van der Waals surface area contributed by atoms with Crippen molar-refractivity contribution in [2.24, 2.45) is 4.99 Å². The zero-order valence-electron chi connectivity index (χ0n) is 15.9. The zero-order chi connectivity index (χ0) is 19.9. The van der Waals surface area contributed by atoms with E-state index in [2.05, 4.69) is 20.6 Å². The number of benzene rings is 2. The highest BCUT2D eigenvalue weighted by atomic mass is 19.1. The number of nitrogens with zero attached hydrogens (tertiary/aromatic N) is 3. The number of nitrogens with one attached hydrogen (secondary N) is 2. The van der Waals surface area contributed by atoms with Crippen LogP contribution < -0.4 is 20.1 Å². The number of rotatable bonds is 6. The van der Waals surface area contributed by atoms with E-state index in [-0.39, 0.29) is 5.82 Å². The van der Waals surface area contributed by atoms with Gasteiger partial charge in [-0.2, -0.15) is 0 Å². The van der Waals surface area contributed by atoms with Crippen molar-refractivity contribution in [2.45, 2.75) is 6.54 Å². The molecule has 1 heterocycles. The van der Waals surface area contributed by atoms with E-state index in [1.807, 2.05) is 18.2 Å². The number of methoxy groups -OCH3 is 2. The number of guanidine groups is 1. The Labute approximate surface area is 162 Å². The molecular formula is C20H22FN5O2. The maximum atomic E-state index is 14.4. The second-order valence-electron chi connectivity index (χ2n) is 5.88. The van der Waals surface area contributed by atoms with Crippen molar-refractivity contribution in [3.63, 3.8) is 0 Å². The molecule has 7 nitrogen and oxygen atoms in total. The van der Waals surface area contributed by atoms with Crippen LogP contribution in [0.25, 0.3) is 5.69 Å². The second-order valence-corrected chi connectivity index (χ2v) is 5.88. The van der Waals surface area contributed by atoms with Gasteiger partial charge < -0.3 is 24.7 Å². The molecule has 0 bridgehead atoms. The van der Waals surface area contributed by atoms with Gasteiger partial charge in [-0.3, -0.25) is 4.99 Å². The molecule has 0 saturated heterocycles. The predicted molar refractivity (Wildman–Crippen MR) is 107 cm³/mol. The molecule has 2 aromatic carbocycles. The monoisotopic (exact) mass is 383 g/mol. The Morgan fingerprint density at radius 1 is 1.14 bits per heavy atom. The minimum Gasteiger partial charge on any atom is -0.493 e. The van der Waals surface area contributed by atoms with E-state index in [1.165, 1.54) is 6.07 Å². The van der Waals surface area contributed by atoms with Crippen LogP contribution in [-0.2, 0) is 6.54 Å². The van der Waals surface area contributed by atoms with Crippen molar-refractivity contribution < 1.29 is 13.9 Å². The summed E-state index contributed by atoms with van der Waals surface area (Å²) in [5.41, 5.74) is 2.03. The van der Waals surface area contributed by atoms with Gasteiger partial charge in [-0.15, -0.1) is 0 Å². The van der Waals surface area contributed by atoms with E-state index in [1.54, 1.807) is 56.7 Å².